The molecule has 1 aromatic heterocycles. The van der Waals surface area contributed by atoms with Gasteiger partial charge in [0, 0.05) is 17.4 Å². The van der Waals surface area contributed by atoms with Crippen molar-refractivity contribution in [2.75, 3.05) is 13.7 Å². The maximum absolute atomic E-state index is 13.2. The highest BCUT2D eigenvalue weighted by molar-refractivity contribution is 6.31. The summed E-state index contributed by atoms with van der Waals surface area (Å²) in [6.07, 6.45) is 3.14. The summed E-state index contributed by atoms with van der Waals surface area (Å²) in [6.45, 7) is 2.66. The molecule has 0 aliphatic heterocycles. The second kappa shape index (κ2) is 6.63. The van der Waals surface area contributed by atoms with Gasteiger partial charge >= 0.3 is 0 Å². The number of halogens is 2. The molecule has 2 aromatic rings. The van der Waals surface area contributed by atoms with Crippen molar-refractivity contribution in [3.8, 4) is 5.88 Å². The topological polar surface area (TPSA) is 47.0 Å². The Labute approximate surface area is 122 Å². The summed E-state index contributed by atoms with van der Waals surface area (Å²) >= 11 is 6.14. The Morgan fingerprint density at radius 2 is 2.10 bits per heavy atom. The first kappa shape index (κ1) is 14.7. The van der Waals surface area contributed by atoms with Gasteiger partial charge in [0.05, 0.1) is 13.2 Å². The normalized spacial score (nSPS) is 12.2. The average molecular weight is 296 g/mol. The molecule has 0 aliphatic rings. The Kier molecular flexibility index (Phi) is 4.87. The van der Waals surface area contributed by atoms with Crippen LogP contribution < -0.4 is 10.1 Å². The van der Waals surface area contributed by atoms with E-state index in [0.29, 0.717) is 23.1 Å². The van der Waals surface area contributed by atoms with Crippen molar-refractivity contribution in [3.63, 3.8) is 0 Å². The van der Waals surface area contributed by atoms with Crippen molar-refractivity contribution >= 4 is 11.6 Å². The lowest BCUT2D eigenvalue weighted by Crippen LogP contribution is -2.24. The molecule has 20 heavy (non-hydrogen) atoms. The minimum atomic E-state index is -0.375. The molecule has 4 nitrogen and oxygen atoms in total. The van der Waals surface area contributed by atoms with Crippen LogP contribution in [0.2, 0.25) is 5.02 Å². The van der Waals surface area contributed by atoms with Crippen LogP contribution in [0.15, 0.2) is 30.6 Å². The third kappa shape index (κ3) is 3.05. The number of rotatable bonds is 5. The molecule has 0 amide bonds. The van der Waals surface area contributed by atoms with E-state index in [2.05, 4.69) is 15.3 Å². The maximum atomic E-state index is 13.2. The molecule has 2 rings (SSSR count). The van der Waals surface area contributed by atoms with E-state index in [4.69, 9.17) is 16.3 Å². The number of ether oxygens (including phenoxy) is 1. The first-order chi connectivity index (χ1) is 9.67. The third-order valence-corrected chi connectivity index (χ3v) is 3.17. The predicted octanol–water partition coefficient (Wildman–Crippen LogP) is 2.98. The van der Waals surface area contributed by atoms with Gasteiger partial charge in [-0.25, -0.2) is 9.37 Å². The standard InChI is InChI=1S/C14H15ClFN3O/c1-3-17-12(10-5-4-9(16)8-11(10)15)13-14(20-2)19-7-6-18-13/h4-8,12,17H,3H2,1-2H3. The van der Waals surface area contributed by atoms with Gasteiger partial charge in [-0.1, -0.05) is 24.6 Å². The largest absolute Gasteiger partial charge is 0.480 e. The van der Waals surface area contributed by atoms with Crippen LogP contribution in [0, 0.1) is 5.82 Å². The zero-order valence-corrected chi connectivity index (χ0v) is 12.0. The summed E-state index contributed by atoms with van der Waals surface area (Å²) in [5.74, 6) is 0.0407. The van der Waals surface area contributed by atoms with Crippen molar-refractivity contribution in [3.05, 3.63) is 52.7 Å². The highest BCUT2D eigenvalue weighted by Crippen LogP contribution is 2.31. The van der Waals surface area contributed by atoms with Crippen molar-refractivity contribution in [1.29, 1.82) is 0 Å². The quantitative estimate of drug-likeness (QED) is 0.921. The van der Waals surface area contributed by atoms with Gasteiger partial charge in [0.2, 0.25) is 5.88 Å². The van der Waals surface area contributed by atoms with Crippen LogP contribution in [0.4, 0.5) is 4.39 Å². The zero-order chi connectivity index (χ0) is 14.5. The van der Waals surface area contributed by atoms with Crippen LogP contribution in [0.5, 0.6) is 5.88 Å². The van der Waals surface area contributed by atoms with E-state index < -0.39 is 0 Å². The number of aromatic nitrogens is 2. The molecule has 0 bridgehead atoms. The fourth-order valence-corrected chi connectivity index (χ4v) is 2.26. The van der Waals surface area contributed by atoms with E-state index in [0.717, 1.165) is 5.56 Å². The van der Waals surface area contributed by atoms with Gasteiger partial charge in [-0.15, -0.1) is 0 Å². The Morgan fingerprint density at radius 3 is 2.75 bits per heavy atom. The first-order valence-corrected chi connectivity index (χ1v) is 6.58. The molecule has 1 atom stereocenters. The van der Waals surface area contributed by atoms with Gasteiger partial charge in [0.25, 0.3) is 0 Å². The van der Waals surface area contributed by atoms with Gasteiger partial charge < -0.3 is 10.1 Å². The summed E-state index contributed by atoms with van der Waals surface area (Å²) in [5, 5.41) is 3.60. The monoisotopic (exact) mass is 295 g/mol. The molecule has 0 saturated carbocycles. The number of nitrogens with zero attached hydrogens (tertiary/aromatic N) is 2. The molecule has 1 heterocycles. The fourth-order valence-electron chi connectivity index (χ4n) is 1.98. The van der Waals surface area contributed by atoms with Crippen molar-refractivity contribution in [2.24, 2.45) is 0 Å². The summed E-state index contributed by atoms with van der Waals surface area (Å²) in [6, 6.07) is 3.98. The molecule has 0 fully saturated rings. The summed E-state index contributed by atoms with van der Waals surface area (Å²) < 4.78 is 18.4. The number of hydrogen-bond donors (Lipinski definition) is 1. The van der Waals surface area contributed by atoms with E-state index in [-0.39, 0.29) is 11.9 Å². The third-order valence-electron chi connectivity index (χ3n) is 2.84. The van der Waals surface area contributed by atoms with E-state index in [9.17, 15) is 4.39 Å². The number of nitrogens with one attached hydrogen (secondary N) is 1. The molecular formula is C14H15ClFN3O. The lowest BCUT2D eigenvalue weighted by Gasteiger charge is -2.20. The van der Waals surface area contributed by atoms with Crippen LogP contribution in [-0.2, 0) is 0 Å². The van der Waals surface area contributed by atoms with E-state index in [1.54, 1.807) is 18.5 Å². The van der Waals surface area contributed by atoms with Crippen molar-refractivity contribution in [2.45, 2.75) is 13.0 Å². The van der Waals surface area contributed by atoms with Crippen molar-refractivity contribution < 1.29 is 9.13 Å². The van der Waals surface area contributed by atoms with Gasteiger partial charge in [-0.3, -0.25) is 4.98 Å². The molecule has 1 aromatic carbocycles. The van der Waals surface area contributed by atoms with Gasteiger partial charge in [0.1, 0.15) is 11.5 Å². The molecule has 0 saturated heterocycles. The van der Waals surface area contributed by atoms with Crippen molar-refractivity contribution in [1.82, 2.24) is 15.3 Å². The van der Waals surface area contributed by atoms with Crippen LogP contribution in [0.1, 0.15) is 24.2 Å². The maximum Gasteiger partial charge on any atom is 0.237 e. The van der Waals surface area contributed by atoms with E-state index in [1.165, 1.54) is 19.2 Å². The Hall–Kier alpha value is -1.72. The minimum absolute atomic E-state index is 0.309. The Morgan fingerprint density at radius 1 is 1.35 bits per heavy atom. The average Bonchev–Trinajstić information content (AvgIpc) is 2.45. The zero-order valence-electron chi connectivity index (χ0n) is 11.2. The second-order valence-electron chi connectivity index (χ2n) is 4.11. The lowest BCUT2D eigenvalue weighted by atomic mass is 10.0. The van der Waals surface area contributed by atoms with Crippen LogP contribution >= 0.6 is 11.6 Å². The summed E-state index contributed by atoms with van der Waals surface area (Å²) in [4.78, 5) is 8.44. The summed E-state index contributed by atoms with van der Waals surface area (Å²) in [5.41, 5.74) is 1.35. The fraction of sp³-hybridized carbons (Fsp3) is 0.286. The molecule has 1 N–H and O–H groups in total. The molecule has 0 aliphatic carbocycles. The van der Waals surface area contributed by atoms with Crippen LogP contribution in [0.3, 0.4) is 0 Å². The van der Waals surface area contributed by atoms with E-state index >= 15 is 0 Å². The SMILES string of the molecule is CCNC(c1ccc(F)cc1Cl)c1nccnc1OC. The Balaban J connectivity index is 2.50. The number of benzene rings is 1. The lowest BCUT2D eigenvalue weighted by molar-refractivity contribution is 0.383. The Bertz CT molecular complexity index is 594. The second-order valence-corrected chi connectivity index (χ2v) is 4.51. The summed E-state index contributed by atoms with van der Waals surface area (Å²) in [7, 11) is 1.53. The number of hydrogen-bond acceptors (Lipinski definition) is 4. The molecule has 1 unspecified atom stereocenters. The first-order valence-electron chi connectivity index (χ1n) is 6.20. The molecule has 106 valence electrons. The predicted molar refractivity (Wildman–Crippen MR) is 75.5 cm³/mol. The smallest absolute Gasteiger partial charge is 0.237 e. The molecule has 6 heteroatoms. The van der Waals surface area contributed by atoms with Crippen LogP contribution in [0.25, 0.3) is 0 Å². The number of methoxy groups -OCH3 is 1. The molecular weight excluding hydrogens is 281 g/mol. The molecule has 0 spiro atoms. The minimum Gasteiger partial charge on any atom is -0.480 e. The van der Waals surface area contributed by atoms with Gasteiger partial charge in [-0.2, -0.15) is 0 Å². The highest BCUT2D eigenvalue weighted by Gasteiger charge is 2.22. The van der Waals surface area contributed by atoms with Gasteiger partial charge in [-0.05, 0) is 24.2 Å². The molecule has 0 radical (unpaired) electrons. The van der Waals surface area contributed by atoms with E-state index in [1.807, 2.05) is 6.92 Å². The highest BCUT2D eigenvalue weighted by atomic mass is 35.5. The van der Waals surface area contributed by atoms with Gasteiger partial charge in [0.15, 0.2) is 0 Å². The van der Waals surface area contributed by atoms with Crippen LogP contribution in [-0.4, -0.2) is 23.6 Å².